The molecule has 8 heteroatoms. The van der Waals surface area contributed by atoms with E-state index in [1.807, 2.05) is 60.7 Å². The Morgan fingerprint density at radius 2 is 0.900 bits per heavy atom. The van der Waals surface area contributed by atoms with Crippen LogP contribution in [-0.4, -0.2) is 34.8 Å². The third-order valence-corrected chi connectivity index (χ3v) is 7.50. The Hall–Kier alpha value is -3.94. The molecular formula is C32H38N4O4. The van der Waals surface area contributed by atoms with Crippen molar-refractivity contribution >= 4 is 46.2 Å². The molecule has 2 atom stereocenters. The van der Waals surface area contributed by atoms with Crippen molar-refractivity contribution in [3.05, 3.63) is 60.7 Å². The first-order valence-electron chi connectivity index (χ1n) is 14.3. The number of unbranched alkanes of at least 4 members (excludes halogenated alkanes) is 7. The fourth-order valence-corrected chi connectivity index (χ4v) is 5.33. The van der Waals surface area contributed by atoms with E-state index in [-0.39, 0.29) is 23.4 Å². The SMILES string of the molecule is CC1=NN(c2ccccc2)C(=O)C1C(=O)CCCCCCCCCCC(=O)C1C(=O)N(c2ccccc2)N=C1C. The standard InChI is InChI=1S/C32H38N4O4/c1-23-29(31(39)35(33-23)25-17-11-9-12-18-25)27(37)21-15-7-5-3-4-6-8-16-22-28(38)30-24(2)34-36(32(30)40)26-19-13-10-14-20-26/h9-14,17-20,29-30H,3-8,15-16,21-22H2,1-2H3. The molecule has 2 heterocycles. The minimum atomic E-state index is -0.765. The maximum Gasteiger partial charge on any atom is 0.263 e. The molecule has 2 aliphatic rings. The zero-order valence-corrected chi connectivity index (χ0v) is 23.4. The van der Waals surface area contributed by atoms with Crippen LogP contribution in [0.1, 0.15) is 78.1 Å². The number of ketones is 2. The average Bonchev–Trinajstić information content (AvgIpc) is 3.43. The van der Waals surface area contributed by atoms with Crippen LogP contribution in [0, 0.1) is 11.8 Å². The topological polar surface area (TPSA) is 99.5 Å². The van der Waals surface area contributed by atoms with Gasteiger partial charge in [-0.1, -0.05) is 74.9 Å². The maximum atomic E-state index is 12.8. The van der Waals surface area contributed by atoms with Gasteiger partial charge in [-0.05, 0) is 51.0 Å². The van der Waals surface area contributed by atoms with Gasteiger partial charge in [0, 0.05) is 12.8 Å². The molecule has 8 nitrogen and oxygen atoms in total. The Kier molecular flexibility index (Phi) is 10.1. The zero-order valence-electron chi connectivity index (χ0n) is 23.4. The number of benzene rings is 2. The molecule has 2 aliphatic heterocycles. The molecule has 2 aromatic carbocycles. The van der Waals surface area contributed by atoms with Crippen LogP contribution in [-0.2, 0) is 19.2 Å². The highest BCUT2D eigenvalue weighted by atomic mass is 16.2. The lowest BCUT2D eigenvalue weighted by Gasteiger charge is -2.13. The Balaban J connectivity index is 1.05. The largest absolute Gasteiger partial charge is 0.298 e. The van der Waals surface area contributed by atoms with Crippen molar-refractivity contribution in [2.24, 2.45) is 22.0 Å². The summed E-state index contributed by atoms with van der Waals surface area (Å²) < 4.78 is 0. The van der Waals surface area contributed by atoms with Gasteiger partial charge in [0.1, 0.15) is 11.8 Å². The number of hydrogen-bond acceptors (Lipinski definition) is 6. The second-order valence-corrected chi connectivity index (χ2v) is 10.6. The van der Waals surface area contributed by atoms with E-state index < -0.39 is 11.8 Å². The summed E-state index contributed by atoms with van der Waals surface area (Å²) in [6.45, 7) is 3.49. The highest BCUT2D eigenvalue weighted by Crippen LogP contribution is 2.27. The molecule has 0 spiro atoms. The quantitative estimate of drug-likeness (QED) is 0.200. The molecule has 4 rings (SSSR count). The summed E-state index contributed by atoms with van der Waals surface area (Å²) in [5.74, 6) is -2.16. The summed E-state index contributed by atoms with van der Waals surface area (Å²) in [5.41, 5.74) is 2.48. The zero-order chi connectivity index (χ0) is 28.5. The van der Waals surface area contributed by atoms with Crippen molar-refractivity contribution in [2.75, 3.05) is 10.0 Å². The van der Waals surface area contributed by atoms with E-state index in [0.717, 1.165) is 51.4 Å². The van der Waals surface area contributed by atoms with Crippen molar-refractivity contribution in [3.8, 4) is 0 Å². The van der Waals surface area contributed by atoms with Gasteiger partial charge < -0.3 is 0 Å². The van der Waals surface area contributed by atoms with E-state index in [9.17, 15) is 19.2 Å². The number of hydrogen-bond donors (Lipinski definition) is 0. The molecule has 2 amide bonds. The molecule has 0 bridgehead atoms. The number of rotatable bonds is 15. The lowest BCUT2D eigenvalue weighted by Crippen LogP contribution is -2.32. The molecular weight excluding hydrogens is 504 g/mol. The summed E-state index contributed by atoms with van der Waals surface area (Å²) in [6.07, 6.45) is 8.44. The number of anilines is 2. The van der Waals surface area contributed by atoms with E-state index in [2.05, 4.69) is 10.2 Å². The normalized spacial score (nSPS) is 18.8. The first-order chi connectivity index (χ1) is 19.4. The lowest BCUT2D eigenvalue weighted by molar-refractivity contribution is -0.130. The predicted molar refractivity (Wildman–Crippen MR) is 157 cm³/mol. The highest BCUT2D eigenvalue weighted by molar-refractivity contribution is 6.27. The smallest absolute Gasteiger partial charge is 0.263 e. The van der Waals surface area contributed by atoms with Crippen LogP contribution in [0.4, 0.5) is 11.4 Å². The third kappa shape index (κ3) is 6.97. The molecule has 0 saturated carbocycles. The molecule has 2 aromatic rings. The average molecular weight is 543 g/mol. The van der Waals surface area contributed by atoms with Gasteiger partial charge in [-0.3, -0.25) is 19.2 Å². The minimum absolute atomic E-state index is 0.0535. The van der Waals surface area contributed by atoms with Crippen molar-refractivity contribution in [1.82, 2.24) is 0 Å². The summed E-state index contributed by atoms with van der Waals surface area (Å²) in [6, 6.07) is 18.4. The molecule has 0 N–H and O–H groups in total. The van der Waals surface area contributed by atoms with Crippen molar-refractivity contribution in [3.63, 3.8) is 0 Å². The van der Waals surface area contributed by atoms with Gasteiger partial charge in [0.15, 0.2) is 11.6 Å². The molecule has 0 saturated heterocycles. The van der Waals surface area contributed by atoms with Crippen LogP contribution in [0.25, 0.3) is 0 Å². The van der Waals surface area contributed by atoms with Gasteiger partial charge in [0.25, 0.3) is 11.8 Å². The predicted octanol–water partition coefficient (Wildman–Crippen LogP) is 6.10. The van der Waals surface area contributed by atoms with E-state index in [1.165, 1.54) is 10.0 Å². The molecule has 210 valence electrons. The third-order valence-electron chi connectivity index (χ3n) is 7.50. The summed E-state index contributed by atoms with van der Waals surface area (Å²) in [4.78, 5) is 51.1. The van der Waals surface area contributed by atoms with Gasteiger partial charge >= 0.3 is 0 Å². The van der Waals surface area contributed by atoms with E-state index in [1.54, 1.807) is 13.8 Å². The van der Waals surface area contributed by atoms with Gasteiger partial charge in [-0.15, -0.1) is 0 Å². The molecule has 40 heavy (non-hydrogen) atoms. The Morgan fingerprint density at radius 1 is 0.575 bits per heavy atom. The van der Waals surface area contributed by atoms with E-state index >= 15 is 0 Å². The molecule has 2 unspecified atom stereocenters. The Labute approximate surface area is 236 Å². The van der Waals surface area contributed by atoms with Crippen LogP contribution >= 0.6 is 0 Å². The first-order valence-corrected chi connectivity index (χ1v) is 14.3. The number of amides is 2. The number of carbonyl (C=O) groups excluding carboxylic acids is 4. The second kappa shape index (κ2) is 13.9. The summed E-state index contributed by atoms with van der Waals surface area (Å²) in [5, 5.41) is 11.3. The van der Waals surface area contributed by atoms with Crippen LogP contribution in [0.5, 0.6) is 0 Å². The molecule has 0 aromatic heterocycles. The Morgan fingerprint density at radius 3 is 1.25 bits per heavy atom. The van der Waals surface area contributed by atoms with Crippen molar-refractivity contribution in [1.29, 1.82) is 0 Å². The lowest BCUT2D eigenvalue weighted by atomic mass is 9.94. The summed E-state index contributed by atoms with van der Waals surface area (Å²) >= 11 is 0. The highest BCUT2D eigenvalue weighted by Gasteiger charge is 2.40. The van der Waals surface area contributed by atoms with Crippen molar-refractivity contribution in [2.45, 2.75) is 78.1 Å². The number of nitrogens with zero attached hydrogens (tertiary/aromatic N) is 4. The number of Topliss-reactive ketones (excluding diaryl/α,β-unsaturated/α-hetero) is 2. The number of carbonyl (C=O) groups is 4. The van der Waals surface area contributed by atoms with Crippen LogP contribution in [0.2, 0.25) is 0 Å². The van der Waals surface area contributed by atoms with Gasteiger partial charge in [-0.25, -0.2) is 0 Å². The molecule has 0 radical (unpaired) electrons. The van der Waals surface area contributed by atoms with Gasteiger partial charge in [0.2, 0.25) is 0 Å². The molecule has 0 fully saturated rings. The van der Waals surface area contributed by atoms with Gasteiger partial charge in [0.05, 0.1) is 22.8 Å². The minimum Gasteiger partial charge on any atom is -0.298 e. The molecule has 0 aliphatic carbocycles. The van der Waals surface area contributed by atoms with Crippen molar-refractivity contribution < 1.29 is 19.2 Å². The fourth-order valence-electron chi connectivity index (χ4n) is 5.33. The monoisotopic (exact) mass is 542 g/mol. The maximum absolute atomic E-state index is 12.8. The Bertz CT molecular complexity index is 1170. The fraction of sp³-hybridized carbons (Fsp3) is 0.438. The second-order valence-electron chi connectivity index (χ2n) is 10.6. The number of para-hydroxylation sites is 2. The van der Waals surface area contributed by atoms with Crippen LogP contribution in [0.15, 0.2) is 70.9 Å². The number of hydrazone groups is 2. The van der Waals surface area contributed by atoms with E-state index in [4.69, 9.17) is 0 Å². The summed E-state index contributed by atoms with van der Waals surface area (Å²) in [7, 11) is 0. The first kappa shape index (κ1) is 29.1. The van der Waals surface area contributed by atoms with Crippen LogP contribution < -0.4 is 10.0 Å². The van der Waals surface area contributed by atoms with Crippen LogP contribution in [0.3, 0.4) is 0 Å². The van der Waals surface area contributed by atoms with E-state index in [0.29, 0.717) is 35.6 Å². The van der Waals surface area contributed by atoms with Gasteiger partial charge in [-0.2, -0.15) is 20.2 Å².